The predicted molar refractivity (Wildman–Crippen MR) is 510 cm³/mol. The number of nitrogens with zero attached hydrogens (tertiary/aromatic N) is 13. The third kappa shape index (κ3) is 23.5. The first-order chi connectivity index (χ1) is 54.2. The molecular formula is C104H215N13+8. The number of quaternary nitrogens is 8. The Bertz CT molecular complexity index is 2830. The molecule has 0 aliphatic carbocycles. The van der Waals surface area contributed by atoms with Gasteiger partial charge in [0.2, 0.25) is 0 Å². The molecule has 17 saturated heterocycles. The molecular weight excluding hydrogens is 1430 g/mol. The number of piperazine rings is 2. The largest absolute Gasteiger partial charge is 0.324 e. The Morgan fingerprint density at radius 1 is 0.308 bits per heavy atom. The standard InChI is InChI=1S/C16H33N2.C14H29N2.3C13H27N2.C13H26N.C12H24N.C10H22N/c1-14(2)17-10-6-16(7-11-17)8-12-18(5,13-9-16)15(3)4;1-12(2)16-9-6-13(7-10-16)15(8-11-16)14(3,4)5;1-10(2)14-6-12-8-15(5,11(3)4)9-13(12)7-14;1-11(2)15-8-6-12(10-15)14(7-9-15)13(3,4)5;1-11(2)14-7-9-15(12(3)4)8-5-6-13(15)10-14;1-10(2)13-9-14(11(3)4)7-5-12(13)6-8-14;1-10(2)12-5-7-13(9-12,8-6-12)11(3)4;1-9(2)11(10(3)4)7-5-6-8-11/h14-15H,6-13H2,1-5H3;12-13H,6-11H2,1-5H3;10-13H,6-9H2,1-5H3;11-12H,6-10H2,1-5H3;11-13H,5-10H2,1-4H3;10-13H,5-9H2,1-4H3;10-11H,5-9H2,1-4H3;9-10H,5-8H2,1-4H3/q8*+1. The molecule has 0 aromatic rings. The zero-order valence-corrected chi connectivity index (χ0v) is 86.3. The summed E-state index contributed by atoms with van der Waals surface area (Å²) in [5.74, 6) is 5.82. The molecule has 13 heteroatoms. The van der Waals surface area contributed by atoms with Gasteiger partial charge in [0.1, 0.15) is 6.04 Å². The van der Waals surface area contributed by atoms with Crippen molar-refractivity contribution in [1.82, 2.24) is 24.5 Å². The molecule has 17 fully saturated rings. The van der Waals surface area contributed by atoms with Crippen LogP contribution in [0.5, 0.6) is 0 Å². The fourth-order valence-corrected chi connectivity index (χ4v) is 28.0. The van der Waals surface area contributed by atoms with Crippen LogP contribution in [0, 0.1) is 46.3 Å². The second-order valence-corrected chi connectivity index (χ2v) is 50.6. The quantitative estimate of drug-likeness (QED) is 0.161. The molecule has 0 amide bonds. The average molecular weight is 1650 g/mol. The summed E-state index contributed by atoms with van der Waals surface area (Å²) in [6.45, 7) is 120. The maximum Gasteiger partial charge on any atom is 0.102 e. The fourth-order valence-electron chi connectivity index (χ4n) is 28.0. The predicted octanol–water partition coefficient (Wildman–Crippen LogP) is 19.6. The van der Waals surface area contributed by atoms with E-state index in [0.29, 0.717) is 16.5 Å². The van der Waals surface area contributed by atoms with Gasteiger partial charge in [-0.15, -0.1) is 0 Å². The van der Waals surface area contributed by atoms with Gasteiger partial charge in [-0.05, 0) is 257 Å². The first-order valence-corrected chi connectivity index (χ1v) is 51.8. The second-order valence-electron chi connectivity index (χ2n) is 50.6. The number of rotatable bonds is 14. The van der Waals surface area contributed by atoms with E-state index in [4.69, 9.17) is 0 Å². The molecule has 117 heavy (non-hydrogen) atoms. The smallest absolute Gasteiger partial charge is 0.102 e. The van der Waals surface area contributed by atoms with E-state index in [-0.39, 0.29) is 0 Å². The van der Waals surface area contributed by atoms with Gasteiger partial charge in [-0.1, -0.05) is 27.7 Å². The van der Waals surface area contributed by atoms with Crippen molar-refractivity contribution in [3.63, 3.8) is 0 Å². The average Bonchev–Trinajstić information content (AvgIpc) is 1.60. The molecule has 8 bridgehead atoms. The Hall–Kier alpha value is -0.520. The first-order valence-electron chi connectivity index (χ1n) is 51.8. The molecule has 0 radical (unpaired) electrons. The van der Waals surface area contributed by atoms with E-state index in [1.54, 1.807) is 0 Å². The van der Waals surface area contributed by atoms with Crippen molar-refractivity contribution in [3.8, 4) is 0 Å². The lowest BCUT2D eigenvalue weighted by Gasteiger charge is -2.56. The minimum absolute atomic E-state index is 0.353. The molecule has 0 saturated carbocycles. The molecule has 1 spiro atoms. The van der Waals surface area contributed by atoms with Crippen molar-refractivity contribution in [2.24, 2.45) is 46.3 Å². The highest BCUT2D eigenvalue weighted by molar-refractivity contribution is 4.96. The first kappa shape index (κ1) is 102. The molecule has 0 aromatic heterocycles. The highest BCUT2D eigenvalue weighted by Crippen LogP contribution is 2.52. The van der Waals surface area contributed by atoms with E-state index in [1.807, 2.05) is 0 Å². The van der Waals surface area contributed by atoms with Crippen LogP contribution in [-0.4, -0.2) is 359 Å². The molecule has 7 atom stereocenters. The van der Waals surface area contributed by atoms with Gasteiger partial charge in [0.05, 0.1) is 212 Å². The van der Waals surface area contributed by atoms with Crippen molar-refractivity contribution in [1.29, 1.82) is 0 Å². The normalized spacial score (nSPS) is 36.5. The van der Waals surface area contributed by atoms with Gasteiger partial charge in [0, 0.05) is 175 Å². The highest BCUT2D eigenvalue weighted by atomic mass is 15.5. The number of hydrogen-bond donors (Lipinski definition) is 0. The molecule has 17 aliphatic rings. The van der Waals surface area contributed by atoms with E-state index in [0.717, 1.165) is 132 Å². The van der Waals surface area contributed by atoms with Crippen molar-refractivity contribution in [2.75, 3.05) is 197 Å². The third-order valence-corrected chi connectivity index (χ3v) is 39.1. The maximum atomic E-state index is 2.77. The Balaban J connectivity index is 0.000000167. The maximum absolute atomic E-state index is 2.77. The number of hydrogen-bond acceptors (Lipinski definition) is 5. The number of piperidine rings is 7. The van der Waals surface area contributed by atoms with Crippen molar-refractivity contribution < 1.29 is 35.9 Å². The Morgan fingerprint density at radius 2 is 0.744 bits per heavy atom. The Labute approximate surface area is 733 Å². The topological polar surface area (TPSA) is 16.2 Å². The zero-order valence-electron chi connectivity index (χ0n) is 86.3. The van der Waals surface area contributed by atoms with Crippen LogP contribution < -0.4 is 0 Å². The van der Waals surface area contributed by atoms with Crippen molar-refractivity contribution in [3.05, 3.63) is 0 Å². The summed E-state index contributed by atoms with van der Waals surface area (Å²) < 4.78 is 11.0. The molecule has 0 N–H and O–H groups in total. The van der Waals surface area contributed by atoms with Gasteiger partial charge in [0.15, 0.2) is 0 Å². The summed E-state index contributed by atoms with van der Waals surface area (Å²) in [6.07, 6.45) is 21.8. The monoisotopic (exact) mass is 1650 g/mol. The van der Waals surface area contributed by atoms with Crippen molar-refractivity contribution >= 4 is 0 Å². The number of likely N-dealkylation sites (tertiary alicyclic amines) is 5. The van der Waals surface area contributed by atoms with Gasteiger partial charge >= 0.3 is 0 Å². The van der Waals surface area contributed by atoms with Crippen LogP contribution in [0.25, 0.3) is 0 Å². The van der Waals surface area contributed by atoms with Gasteiger partial charge in [-0.3, -0.25) is 19.6 Å². The molecule has 17 aliphatic heterocycles. The molecule has 688 valence electrons. The second kappa shape index (κ2) is 40.9. The zero-order chi connectivity index (χ0) is 87.4. The SMILES string of the molecule is CC(C)C12CC[N+](C(C)C)(CC1)C2.CC(C)C1C[N+]2(C(C)C)CCC1CC2.CC(C)N1CC2C[N+](C)(C(C)C)CC2C1.CC(C)N1CCC2(CC1)CC[N+](C)(C(C)C)CC2.CC(C)N1CC[N+]2(C(C)C)CCCC2C1.CC(C)[N+]1(C(C)C)CCCC1.CC(C)[N+]12CCC(C1)N(C(C)(C)C)CC2.CC(C)[N+]12CCC(CC1)N(C(C)(C)C)CC2. The van der Waals surface area contributed by atoms with Crippen LogP contribution >= 0.6 is 0 Å². The molecule has 17 rings (SSSR count). The molecule has 7 unspecified atom stereocenters. The fraction of sp³-hybridized carbons (Fsp3) is 1.00. The van der Waals surface area contributed by atoms with Crippen LogP contribution in [-0.2, 0) is 0 Å². The van der Waals surface area contributed by atoms with E-state index in [2.05, 4.69) is 274 Å². The van der Waals surface area contributed by atoms with Crippen LogP contribution in [0.2, 0.25) is 0 Å². The lowest BCUT2D eigenvalue weighted by Crippen LogP contribution is -2.66. The summed E-state index contributed by atoms with van der Waals surface area (Å²) >= 11 is 0. The van der Waals surface area contributed by atoms with Gasteiger partial charge in [0.25, 0.3) is 0 Å². The van der Waals surface area contributed by atoms with Crippen LogP contribution in [0.1, 0.15) is 332 Å². The van der Waals surface area contributed by atoms with Crippen LogP contribution in [0.15, 0.2) is 0 Å². The lowest BCUT2D eigenvalue weighted by molar-refractivity contribution is -0.966. The van der Waals surface area contributed by atoms with E-state index < -0.39 is 0 Å². The summed E-state index contributed by atoms with van der Waals surface area (Å²) in [6, 6.07) is 12.2. The van der Waals surface area contributed by atoms with E-state index in [1.165, 1.54) is 315 Å². The van der Waals surface area contributed by atoms with E-state index in [9.17, 15) is 0 Å². The van der Waals surface area contributed by atoms with Gasteiger partial charge in [-0.2, -0.15) is 0 Å². The Kier molecular flexibility index (Phi) is 35.6. The van der Waals surface area contributed by atoms with Crippen LogP contribution in [0.3, 0.4) is 0 Å². The van der Waals surface area contributed by atoms with Gasteiger partial charge < -0.3 is 40.8 Å². The lowest BCUT2D eigenvalue weighted by atomic mass is 9.70. The third-order valence-electron chi connectivity index (χ3n) is 39.1. The summed E-state index contributed by atoms with van der Waals surface area (Å²) in [4.78, 5) is 13.5. The molecule has 0 aromatic carbocycles. The highest BCUT2D eigenvalue weighted by Gasteiger charge is 2.59. The minimum Gasteiger partial charge on any atom is -0.324 e. The van der Waals surface area contributed by atoms with Crippen molar-refractivity contribution in [2.45, 2.75) is 433 Å². The van der Waals surface area contributed by atoms with Gasteiger partial charge in [-0.25, -0.2) is 0 Å². The Morgan fingerprint density at radius 3 is 1.14 bits per heavy atom. The number of fused-ring (bicyclic) bond motifs is 13. The summed E-state index contributed by atoms with van der Waals surface area (Å²) in [5.41, 5.74) is 2.15. The van der Waals surface area contributed by atoms with Crippen LogP contribution in [0.4, 0.5) is 0 Å². The minimum atomic E-state index is 0.353. The van der Waals surface area contributed by atoms with E-state index >= 15 is 0 Å². The molecule has 13 nitrogen and oxygen atoms in total. The molecule has 17 heterocycles. The summed E-state index contributed by atoms with van der Waals surface area (Å²) in [7, 11) is 4.91. The summed E-state index contributed by atoms with van der Waals surface area (Å²) in [5, 5.41) is 0.